The van der Waals surface area contributed by atoms with E-state index in [2.05, 4.69) is 26.0 Å². The van der Waals surface area contributed by atoms with Crippen molar-refractivity contribution in [3.63, 3.8) is 0 Å². The van der Waals surface area contributed by atoms with Gasteiger partial charge in [0.05, 0.1) is 13.0 Å². The van der Waals surface area contributed by atoms with Crippen molar-refractivity contribution in [2.24, 2.45) is 11.1 Å². The molecule has 1 saturated heterocycles. The molecule has 1 heterocycles. The first kappa shape index (κ1) is 18.5. The van der Waals surface area contributed by atoms with Gasteiger partial charge in [0.15, 0.2) is 0 Å². The molecule has 1 aliphatic rings. The minimum absolute atomic E-state index is 0.0331. The van der Waals surface area contributed by atoms with Crippen LogP contribution in [-0.2, 0) is 4.79 Å². The van der Waals surface area contributed by atoms with E-state index in [0.29, 0.717) is 19.6 Å². The lowest BCUT2D eigenvalue weighted by molar-refractivity contribution is -0.135. The third-order valence-corrected chi connectivity index (χ3v) is 5.21. The molecule has 2 aromatic rings. The molecule has 2 aromatic carbocycles. The molecule has 26 heavy (non-hydrogen) atoms. The van der Waals surface area contributed by atoms with Gasteiger partial charge in [0, 0.05) is 24.7 Å². The Kier molecular flexibility index (Phi) is 5.62. The zero-order valence-corrected chi connectivity index (χ0v) is 15.7. The van der Waals surface area contributed by atoms with Gasteiger partial charge in [-0.3, -0.25) is 4.79 Å². The third-order valence-electron chi connectivity index (χ3n) is 5.21. The summed E-state index contributed by atoms with van der Waals surface area (Å²) < 4.78 is 5.95. The molecule has 0 saturated carbocycles. The highest BCUT2D eigenvalue weighted by molar-refractivity contribution is 5.76. The van der Waals surface area contributed by atoms with Gasteiger partial charge in [-0.15, -0.1) is 0 Å². The Morgan fingerprint density at radius 1 is 1.15 bits per heavy atom. The summed E-state index contributed by atoms with van der Waals surface area (Å²) in [6.45, 7) is 6.09. The van der Waals surface area contributed by atoms with Crippen LogP contribution in [0.1, 0.15) is 26.7 Å². The third kappa shape index (κ3) is 4.25. The summed E-state index contributed by atoms with van der Waals surface area (Å²) in [6, 6.07) is 18.3. The lowest BCUT2D eigenvalue weighted by atomic mass is 9.79. The fourth-order valence-electron chi connectivity index (χ4n) is 3.44. The Bertz CT molecular complexity index is 743. The lowest BCUT2D eigenvalue weighted by Gasteiger charge is -2.42. The number of nitrogens with two attached hydrogens (primary N) is 1. The monoisotopic (exact) mass is 352 g/mol. The maximum Gasteiger partial charge on any atom is 0.226 e. The van der Waals surface area contributed by atoms with Gasteiger partial charge >= 0.3 is 0 Å². The van der Waals surface area contributed by atoms with Crippen molar-refractivity contribution in [2.45, 2.75) is 32.7 Å². The molecule has 0 radical (unpaired) electrons. The first-order chi connectivity index (χ1) is 12.5. The largest absolute Gasteiger partial charge is 0.492 e. The van der Waals surface area contributed by atoms with Gasteiger partial charge in [0.2, 0.25) is 5.91 Å². The maximum atomic E-state index is 12.5. The molecule has 138 valence electrons. The highest BCUT2D eigenvalue weighted by atomic mass is 16.5. The Morgan fingerprint density at radius 2 is 1.85 bits per heavy atom. The minimum atomic E-state index is -0.0331. The average Bonchev–Trinajstić information content (AvgIpc) is 2.65. The van der Waals surface area contributed by atoms with Gasteiger partial charge in [-0.1, -0.05) is 62.4 Å². The first-order valence-electron chi connectivity index (χ1n) is 9.28. The van der Waals surface area contributed by atoms with Crippen LogP contribution in [0.5, 0.6) is 5.75 Å². The second kappa shape index (κ2) is 7.92. The molecule has 0 bridgehead atoms. The topological polar surface area (TPSA) is 55.6 Å². The standard InChI is InChI=1S/C22H28N2O2/c1-22(2)16-24(14-12-20(22)23)21(25)13-15-26-19-11-7-6-10-18(19)17-8-4-3-5-9-17/h3-11,20H,12-16,23H2,1-2H3. The van der Waals surface area contributed by atoms with Crippen molar-refractivity contribution in [3.05, 3.63) is 54.6 Å². The van der Waals surface area contributed by atoms with Gasteiger partial charge in [-0.25, -0.2) is 0 Å². The van der Waals surface area contributed by atoms with Crippen LogP contribution in [-0.4, -0.2) is 36.5 Å². The molecule has 1 aliphatic heterocycles. The number of carbonyl (C=O) groups excluding carboxylic acids is 1. The fraction of sp³-hybridized carbons (Fsp3) is 0.409. The smallest absolute Gasteiger partial charge is 0.226 e. The quantitative estimate of drug-likeness (QED) is 0.892. The Hall–Kier alpha value is -2.33. The van der Waals surface area contributed by atoms with Crippen molar-refractivity contribution < 1.29 is 9.53 Å². The molecule has 4 heteroatoms. The van der Waals surface area contributed by atoms with Gasteiger partial charge < -0.3 is 15.4 Å². The predicted molar refractivity (Wildman–Crippen MR) is 105 cm³/mol. The summed E-state index contributed by atoms with van der Waals surface area (Å²) in [5.74, 6) is 0.953. The van der Waals surface area contributed by atoms with E-state index in [9.17, 15) is 4.79 Å². The zero-order chi connectivity index (χ0) is 18.6. The number of likely N-dealkylation sites (tertiary alicyclic amines) is 1. The van der Waals surface area contributed by atoms with E-state index in [1.165, 1.54) is 0 Å². The van der Waals surface area contributed by atoms with Crippen LogP contribution in [0.2, 0.25) is 0 Å². The van der Waals surface area contributed by atoms with Crippen LogP contribution in [0.15, 0.2) is 54.6 Å². The maximum absolute atomic E-state index is 12.5. The Balaban J connectivity index is 1.58. The van der Waals surface area contributed by atoms with E-state index >= 15 is 0 Å². The average molecular weight is 352 g/mol. The molecule has 0 spiro atoms. The SMILES string of the molecule is CC1(C)CN(C(=O)CCOc2ccccc2-c2ccccc2)CCC1N. The van der Waals surface area contributed by atoms with Crippen LogP contribution in [0, 0.1) is 5.41 Å². The van der Waals surface area contributed by atoms with Crippen LogP contribution in [0.4, 0.5) is 0 Å². The molecular formula is C22H28N2O2. The van der Waals surface area contributed by atoms with E-state index in [0.717, 1.165) is 29.8 Å². The van der Waals surface area contributed by atoms with Gasteiger partial charge in [-0.05, 0) is 23.5 Å². The Labute approximate surface area is 156 Å². The van der Waals surface area contributed by atoms with Gasteiger partial charge in [0.25, 0.3) is 0 Å². The summed E-state index contributed by atoms with van der Waals surface area (Å²) in [5.41, 5.74) is 8.29. The summed E-state index contributed by atoms with van der Waals surface area (Å²) in [6.07, 6.45) is 1.24. The number of amides is 1. The van der Waals surface area contributed by atoms with Crippen molar-refractivity contribution >= 4 is 5.91 Å². The van der Waals surface area contributed by atoms with Crippen molar-refractivity contribution in [1.29, 1.82) is 0 Å². The number of benzene rings is 2. The van der Waals surface area contributed by atoms with Crippen LogP contribution >= 0.6 is 0 Å². The predicted octanol–water partition coefficient (Wildman–Crippen LogP) is 3.71. The summed E-state index contributed by atoms with van der Waals surface area (Å²) in [5, 5.41) is 0. The summed E-state index contributed by atoms with van der Waals surface area (Å²) in [7, 11) is 0. The van der Waals surface area contributed by atoms with Gasteiger partial charge in [-0.2, -0.15) is 0 Å². The number of hydrogen-bond acceptors (Lipinski definition) is 3. The van der Waals surface area contributed by atoms with E-state index in [1.54, 1.807) is 0 Å². The van der Waals surface area contributed by atoms with Crippen LogP contribution in [0.3, 0.4) is 0 Å². The van der Waals surface area contributed by atoms with Crippen LogP contribution < -0.4 is 10.5 Å². The van der Waals surface area contributed by atoms with Crippen LogP contribution in [0.25, 0.3) is 11.1 Å². The van der Waals surface area contributed by atoms with Gasteiger partial charge in [0.1, 0.15) is 5.75 Å². The number of carbonyl (C=O) groups is 1. The number of ether oxygens (including phenoxy) is 1. The molecule has 1 atom stereocenters. The minimum Gasteiger partial charge on any atom is -0.492 e. The number of nitrogens with zero attached hydrogens (tertiary/aromatic N) is 1. The summed E-state index contributed by atoms with van der Waals surface area (Å²) >= 11 is 0. The number of piperidine rings is 1. The highest BCUT2D eigenvalue weighted by Gasteiger charge is 2.35. The molecule has 1 fully saturated rings. The molecule has 0 aliphatic carbocycles. The highest BCUT2D eigenvalue weighted by Crippen LogP contribution is 2.30. The molecule has 1 amide bonds. The summed E-state index contributed by atoms with van der Waals surface area (Å²) in [4.78, 5) is 14.5. The molecule has 0 aromatic heterocycles. The van der Waals surface area contributed by atoms with E-state index in [4.69, 9.17) is 10.5 Å². The Morgan fingerprint density at radius 3 is 2.58 bits per heavy atom. The second-order valence-electron chi connectivity index (χ2n) is 7.66. The zero-order valence-electron chi connectivity index (χ0n) is 15.7. The normalized spacial score (nSPS) is 19.2. The van der Waals surface area contributed by atoms with Crippen molar-refractivity contribution in [3.8, 4) is 16.9 Å². The van der Waals surface area contributed by atoms with E-state index < -0.39 is 0 Å². The second-order valence-corrected chi connectivity index (χ2v) is 7.66. The molecule has 4 nitrogen and oxygen atoms in total. The number of hydrogen-bond donors (Lipinski definition) is 1. The van der Waals surface area contributed by atoms with E-state index in [-0.39, 0.29) is 17.4 Å². The lowest BCUT2D eigenvalue weighted by Crippen LogP contribution is -2.54. The number of rotatable bonds is 5. The molecule has 2 N–H and O–H groups in total. The number of para-hydroxylation sites is 1. The molecular weight excluding hydrogens is 324 g/mol. The fourth-order valence-corrected chi connectivity index (χ4v) is 3.44. The molecule has 3 rings (SSSR count). The first-order valence-corrected chi connectivity index (χ1v) is 9.28. The van der Waals surface area contributed by atoms with Crippen molar-refractivity contribution in [1.82, 2.24) is 4.90 Å². The van der Waals surface area contributed by atoms with E-state index in [1.807, 2.05) is 47.4 Å². The van der Waals surface area contributed by atoms with Crippen molar-refractivity contribution in [2.75, 3.05) is 19.7 Å². The molecule has 1 unspecified atom stereocenters.